The molecule has 110 valence electrons. The Kier molecular flexibility index (Phi) is 5.14. The van der Waals surface area contributed by atoms with Gasteiger partial charge in [-0.1, -0.05) is 30.3 Å². The van der Waals surface area contributed by atoms with Crippen molar-refractivity contribution in [1.29, 1.82) is 0 Å². The van der Waals surface area contributed by atoms with Crippen molar-refractivity contribution in [2.45, 2.75) is 13.1 Å². The second-order valence-electron chi connectivity index (χ2n) is 4.53. The molecule has 0 unspecified atom stereocenters. The van der Waals surface area contributed by atoms with Crippen LogP contribution in [0.15, 0.2) is 53.1 Å². The number of hydrogen-bond acceptors (Lipinski definition) is 4. The third kappa shape index (κ3) is 3.71. The molecule has 2 heterocycles. The molecule has 3 aromatic rings. The maximum atomic E-state index is 5.29. The number of aryl methyl sites for hydroxylation is 1. The molecule has 0 saturated heterocycles. The summed E-state index contributed by atoms with van der Waals surface area (Å²) in [4.78, 5) is 1.60. The van der Waals surface area contributed by atoms with E-state index in [0.717, 1.165) is 22.7 Å². The molecule has 6 heteroatoms. The Labute approximate surface area is 129 Å². The fourth-order valence-electron chi connectivity index (χ4n) is 2.10. The van der Waals surface area contributed by atoms with E-state index in [9.17, 15) is 0 Å². The van der Waals surface area contributed by atoms with Crippen LogP contribution in [0.5, 0.6) is 0 Å². The van der Waals surface area contributed by atoms with Crippen LogP contribution in [0.25, 0.3) is 11.3 Å². The van der Waals surface area contributed by atoms with Gasteiger partial charge in [0.2, 0.25) is 0 Å². The molecule has 0 aliphatic heterocycles. The summed E-state index contributed by atoms with van der Waals surface area (Å²) in [5, 5.41) is 12.2. The van der Waals surface area contributed by atoms with Crippen LogP contribution in [0, 0.1) is 0 Å². The lowest BCUT2D eigenvalue weighted by Crippen LogP contribution is -2.13. The Hall–Kier alpha value is -2.11. The first-order valence-electron chi connectivity index (χ1n) is 6.51. The number of benzene rings is 1. The molecular formula is C15H17ClN4O. The van der Waals surface area contributed by atoms with Gasteiger partial charge in [-0.05, 0) is 12.1 Å². The zero-order valence-corrected chi connectivity index (χ0v) is 12.5. The molecule has 3 rings (SSSR count). The highest BCUT2D eigenvalue weighted by Crippen LogP contribution is 2.19. The van der Waals surface area contributed by atoms with Crippen molar-refractivity contribution >= 4 is 12.4 Å². The summed E-state index contributed by atoms with van der Waals surface area (Å²) in [7, 11) is 1.84. The monoisotopic (exact) mass is 304 g/mol. The molecule has 1 N–H and O–H groups in total. The van der Waals surface area contributed by atoms with E-state index in [-0.39, 0.29) is 12.4 Å². The lowest BCUT2D eigenvalue weighted by atomic mass is 10.1. The van der Waals surface area contributed by atoms with Gasteiger partial charge in [0.05, 0.1) is 12.8 Å². The quantitative estimate of drug-likeness (QED) is 0.787. The third-order valence-electron chi connectivity index (χ3n) is 3.00. The van der Waals surface area contributed by atoms with Crippen LogP contribution in [0.2, 0.25) is 0 Å². The minimum Gasteiger partial charge on any atom is -0.468 e. The Balaban J connectivity index is 0.00000161. The zero-order chi connectivity index (χ0) is 13.8. The summed E-state index contributed by atoms with van der Waals surface area (Å²) in [6.45, 7) is 1.33. The number of halogens is 1. The predicted molar refractivity (Wildman–Crippen MR) is 82.9 cm³/mol. The van der Waals surface area contributed by atoms with Crippen LogP contribution in [-0.2, 0) is 20.1 Å². The van der Waals surface area contributed by atoms with Gasteiger partial charge in [0.25, 0.3) is 0 Å². The lowest BCUT2D eigenvalue weighted by Gasteiger charge is -2.02. The number of nitrogens with zero attached hydrogens (tertiary/aromatic N) is 3. The van der Waals surface area contributed by atoms with E-state index in [2.05, 4.69) is 15.5 Å². The van der Waals surface area contributed by atoms with Gasteiger partial charge in [0, 0.05) is 19.2 Å². The van der Waals surface area contributed by atoms with Gasteiger partial charge in [-0.2, -0.15) is 15.0 Å². The second-order valence-corrected chi connectivity index (χ2v) is 4.53. The van der Waals surface area contributed by atoms with Crippen LogP contribution in [0.3, 0.4) is 0 Å². The molecular weight excluding hydrogens is 288 g/mol. The highest BCUT2D eigenvalue weighted by Gasteiger charge is 2.11. The van der Waals surface area contributed by atoms with Gasteiger partial charge in [-0.15, -0.1) is 12.4 Å². The van der Waals surface area contributed by atoms with E-state index in [4.69, 9.17) is 4.42 Å². The molecule has 21 heavy (non-hydrogen) atoms. The second kappa shape index (κ2) is 7.06. The molecule has 0 aliphatic carbocycles. The van der Waals surface area contributed by atoms with Gasteiger partial charge >= 0.3 is 0 Å². The van der Waals surface area contributed by atoms with Crippen LogP contribution in [0.4, 0.5) is 0 Å². The van der Waals surface area contributed by atoms with Crippen LogP contribution in [0.1, 0.15) is 11.5 Å². The van der Waals surface area contributed by atoms with Crippen molar-refractivity contribution in [1.82, 2.24) is 20.3 Å². The fraction of sp³-hybridized carbons (Fsp3) is 0.200. The first-order valence-corrected chi connectivity index (χ1v) is 6.51. The molecule has 0 saturated carbocycles. The molecule has 0 fully saturated rings. The smallest absolute Gasteiger partial charge is 0.117 e. The minimum absolute atomic E-state index is 0. The number of rotatable bonds is 5. The average molecular weight is 305 g/mol. The molecule has 0 atom stereocenters. The molecule has 0 spiro atoms. The van der Waals surface area contributed by atoms with E-state index in [1.165, 1.54) is 0 Å². The molecule has 5 nitrogen and oxygen atoms in total. The van der Waals surface area contributed by atoms with Gasteiger partial charge in [-0.3, -0.25) is 0 Å². The predicted octanol–water partition coefficient (Wildman–Crippen LogP) is 2.79. The lowest BCUT2D eigenvalue weighted by molar-refractivity contribution is 0.481. The number of aromatic nitrogens is 3. The zero-order valence-electron chi connectivity index (χ0n) is 11.7. The van der Waals surface area contributed by atoms with E-state index in [1.807, 2.05) is 49.5 Å². The molecule has 0 radical (unpaired) electrons. The maximum Gasteiger partial charge on any atom is 0.117 e. The number of hydrogen-bond donors (Lipinski definition) is 1. The fourth-order valence-corrected chi connectivity index (χ4v) is 2.10. The van der Waals surface area contributed by atoms with Gasteiger partial charge in [0.15, 0.2) is 0 Å². The molecule has 0 aliphatic rings. The van der Waals surface area contributed by atoms with Gasteiger partial charge in [-0.25, -0.2) is 0 Å². The molecule has 0 amide bonds. The van der Waals surface area contributed by atoms with Crippen molar-refractivity contribution < 1.29 is 4.42 Å². The number of nitrogens with one attached hydrogen (secondary N) is 1. The van der Waals surface area contributed by atoms with E-state index >= 15 is 0 Å². The summed E-state index contributed by atoms with van der Waals surface area (Å²) in [6.07, 6.45) is 1.68. The van der Waals surface area contributed by atoms with E-state index in [0.29, 0.717) is 13.1 Å². The van der Waals surface area contributed by atoms with E-state index in [1.54, 1.807) is 11.1 Å². The van der Waals surface area contributed by atoms with Crippen molar-refractivity contribution in [2.75, 3.05) is 0 Å². The summed E-state index contributed by atoms with van der Waals surface area (Å²) < 4.78 is 5.29. The third-order valence-corrected chi connectivity index (χ3v) is 3.00. The first-order chi connectivity index (χ1) is 9.83. The first kappa shape index (κ1) is 15.3. The minimum atomic E-state index is 0. The highest BCUT2D eigenvalue weighted by atomic mass is 35.5. The number of furan rings is 1. The Morgan fingerprint density at radius 3 is 2.57 bits per heavy atom. The van der Waals surface area contributed by atoms with Crippen LogP contribution >= 0.6 is 12.4 Å². The summed E-state index contributed by atoms with van der Waals surface area (Å²) in [5.74, 6) is 0.912. The Morgan fingerprint density at radius 1 is 1.05 bits per heavy atom. The van der Waals surface area contributed by atoms with Crippen molar-refractivity contribution in [2.24, 2.45) is 7.05 Å². The topological polar surface area (TPSA) is 55.9 Å². The SMILES string of the molecule is Cl.Cn1nc(CNCc2ccco2)c(-c2ccccc2)n1. The highest BCUT2D eigenvalue weighted by molar-refractivity contribution is 5.85. The van der Waals surface area contributed by atoms with E-state index < -0.39 is 0 Å². The molecule has 2 aromatic heterocycles. The van der Waals surface area contributed by atoms with Crippen LogP contribution < -0.4 is 5.32 Å². The van der Waals surface area contributed by atoms with Gasteiger partial charge < -0.3 is 9.73 Å². The summed E-state index contributed by atoms with van der Waals surface area (Å²) in [5.41, 5.74) is 2.93. The van der Waals surface area contributed by atoms with Crippen molar-refractivity contribution in [3.05, 3.63) is 60.2 Å². The Morgan fingerprint density at radius 2 is 1.86 bits per heavy atom. The normalized spacial score (nSPS) is 10.3. The largest absolute Gasteiger partial charge is 0.468 e. The van der Waals surface area contributed by atoms with Gasteiger partial charge in [0.1, 0.15) is 17.1 Å². The Bertz CT molecular complexity index is 664. The summed E-state index contributed by atoms with van der Waals surface area (Å²) >= 11 is 0. The van der Waals surface area contributed by atoms with Crippen molar-refractivity contribution in [3.63, 3.8) is 0 Å². The van der Waals surface area contributed by atoms with Crippen LogP contribution in [-0.4, -0.2) is 15.0 Å². The molecule has 0 bridgehead atoms. The van der Waals surface area contributed by atoms with Crippen molar-refractivity contribution in [3.8, 4) is 11.3 Å². The standard InChI is InChI=1S/C15H16N4O.ClH/c1-19-17-14(11-16-10-13-8-5-9-20-13)15(18-19)12-6-3-2-4-7-12;/h2-9,16H,10-11H2,1H3;1H. The molecule has 1 aromatic carbocycles. The average Bonchev–Trinajstić information content (AvgIpc) is 3.10. The maximum absolute atomic E-state index is 5.29. The summed E-state index contributed by atoms with van der Waals surface area (Å²) in [6, 6.07) is 13.9.